The summed E-state index contributed by atoms with van der Waals surface area (Å²) in [5.41, 5.74) is 1.51. The maximum atomic E-state index is 9.38. The molecule has 3 N–H and O–H groups in total. The minimum absolute atomic E-state index is 0.350. The number of methoxy groups -OCH3 is 1. The Morgan fingerprint density at radius 2 is 2.33 bits per heavy atom. The molecule has 0 aliphatic rings. The summed E-state index contributed by atoms with van der Waals surface area (Å²) in [5.74, 6) is 1.08. The number of aliphatic hydroxyl groups excluding tert-OH is 2. The van der Waals surface area contributed by atoms with Gasteiger partial charge in [-0.05, 0) is 12.1 Å². The number of hydrogen-bond acceptors (Lipinski definition) is 4. The molecule has 2 aromatic rings. The molecule has 0 saturated heterocycles. The van der Waals surface area contributed by atoms with E-state index in [1.165, 1.54) is 0 Å². The van der Waals surface area contributed by atoms with Crippen LogP contribution in [-0.2, 0) is 0 Å². The lowest BCUT2D eigenvalue weighted by molar-refractivity contribution is 0.0895. The number of nitrogens with one attached hydrogen (secondary N) is 1. The normalized spacial score (nSPS) is 13.0. The lowest BCUT2D eigenvalue weighted by Gasteiger charge is -2.00. The molecule has 0 aliphatic carbocycles. The Labute approximate surface area is 86.3 Å². The van der Waals surface area contributed by atoms with Crippen LogP contribution in [0.3, 0.4) is 0 Å². The van der Waals surface area contributed by atoms with Gasteiger partial charge in [-0.3, -0.25) is 0 Å². The van der Waals surface area contributed by atoms with Crippen LogP contribution >= 0.6 is 0 Å². The van der Waals surface area contributed by atoms with Crippen LogP contribution in [0, 0.1) is 0 Å². The Morgan fingerprint density at radius 3 is 3.00 bits per heavy atom. The van der Waals surface area contributed by atoms with E-state index in [9.17, 15) is 5.11 Å². The number of ether oxygens (including phenoxy) is 1. The minimum atomic E-state index is -0.969. The molecule has 0 fully saturated rings. The predicted molar refractivity (Wildman–Crippen MR) is 54.7 cm³/mol. The zero-order chi connectivity index (χ0) is 10.8. The molecule has 0 radical (unpaired) electrons. The molecular weight excluding hydrogens is 196 g/mol. The number of hydrogen-bond donors (Lipinski definition) is 3. The predicted octanol–water partition coefficient (Wildman–Crippen LogP) is 0.597. The Balaban J connectivity index is 2.46. The fraction of sp³-hybridized carbons (Fsp3) is 0.300. The lowest BCUT2D eigenvalue weighted by atomic mass is 10.3. The highest BCUT2D eigenvalue weighted by Crippen LogP contribution is 2.20. The van der Waals surface area contributed by atoms with Crippen LogP contribution in [0.1, 0.15) is 11.9 Å². The number of benzene rings is 1. The second-order valence-electron chi connectivity index (χ2n) is 3.20. The van der Waals surface area contributed by atoms with E-state index in [4.69, 9.17) is 9.84 Å². The highest BCUT2D eigenvalue weighted by atomic mass is 16.5. The number of nitrogens with zero attached hydrogens (tertiary/aromatic N) is 1. The summed E-state index contributed by atoms with van der Waals surface area (Å²) < 4.78 is 5.06. The van der Waals surface area contributed by atoms with Crippen molar-refractivity contribution in [3.05, 3.63) is 24.0 Å². The van der Waals surface area contributed by atoms with Crippen molar-refractivity contribution < 1.29 is 14.9 Å². The largest absolute Gasteiger partial charge is 0.497 e. The molecule has 1 aromatic carbocycles. The van der Waals surface area contributed by atoms with E-state index >= 15 is 0 Å². The smallest absolute Gasteiger partial charge is 0.138 e. The van der Waals surface area contributed by atoms with Crippen molar-refractivity contribution in [2.45, 2.75) is 6.10 Å². The van der Waals surface area contributed by atoms with Gasteiger partial charge in [-0.25, -0.2) is 4.98 Å². The minimum Gasteiger partial charge on any atom is -0.497 e. The maximum Gasteiger partial charge on any atom is 0.138 e. The van der Waals surface area contributed by atoms with Gasteiger partial charge in [0.25, 0.3) is 0 Å². The Morgan fingerprint density at radius 1 is 1.53 bits per heavy atom. The molecule has 0 spiro atoms. The van der Waals surface area contributed by atoms with E-state index in [2.05, 4.69) is 9.97 Å². The second kappa shape index (κ2) is 3.88. The van der Waals surface area contributed by atoms with Gasteiger partial charge in [-0.2, -0.15) is 0 Å². The molecule has 1 heterocycles. The van der Waals surface area contributed by atoms with Crippen molar-refractivity contribution in [2.24, 2.45) is 0 Å². The molecule has 5 heteroatoms. The summed E-state index contributed by atoms with van der Waals surface area (Å²) in [4.78, 5) is 7.06. The fourth-order valence-corrected chi connectivity index (χ4v) is 1.38. The van der Waals surface area contributed by atoms with Gasteiger partial charge in [0.15, 0.2) is 0 Å². The molecule has 1 unspecified atom stereocenters. The number of aromatic nitrogens is 2. The van der Waals surface area contributed by atoms with Crippen molar-refractivity contribution in [2.75, 3.05) is 13.7 Å². The average molecular weight is 208 g/mol. The monoisotopic (exact) mass is 208 g/mol. The molecule has 1 atom stereocenters. The van der Waals surface area contributed by atoms with Crippen LogP contribution in [0.2, 0.25) is 0 Å². The Hall–Kier alpha value is -1.59. The van der Waals surface area contributed by atoms with Crippen LogP contribution < -0.4 is 4.74 Å². The van der Waals surface area contributed by atoms with Gasteiger partial charge in [0.1, 0.15) is 17.7 Å². The van der Waals surface area contributed by atoms with E-state index in [0.29, 0.717) is 5.82 Å². The summed E-state index contributed by atoms with van der Waals surface area (Å²) in [6, 6.07) is 5.37. The van der Waals surface area contributed by atoms with Crippen molar-refractivity contribution in [1.29, 1.82) is 0 Å². The molecule has 2 rings (SSSR count). The summed E-state index contributed by atoms with van der Waals surface area (Å²) >= 11 is 0. The van der Waals surface area contributed by atoms with Crippen LogP contribution in [0.15, 0.2) is 18.2 Å². The van der Waals surface area contributed by atoms with Crippen LogP contribution in [0.5, 0.6) is 5.75 Å². The Bertz CT molecular complexity index is 467. The number of fused-ring (bicyclic) bond motifs is 1. The SMILES string of the molecule is COc1ccc2nc(C(O)CO)[nH]c2c1. The molecule has 0 aliphatic heterocycles. The van der Waals surface area contributed by atoms with Gasteiger partial charge in [-0.15, -0.1) is 0 Å². The molecule has 5 nitrogen and oxygen atoms in total. The van der Waals surface area contributed by atoms with Crippen molar-refractivity contribution in [3.8, 4) is 5.75 Å². The summed E-state index contributed by atoms with van der Waals surface area (Å²) in [7, 11) is 1.58. The molecule has 0 saturated carbocycles. The van der Waals surface area contributed by atoms with Crippen LogP contribution in [-0.4, -0.2) is 33.9 Å². The van der Waals surface area contributed by atoms with E-state index in [1.54, 1.807) is 25.3 Å². The number of aromatic amines is 1. The van der Waals surface area contributed by atoms with E-state index in [-0.39, 0.29) is 6.61 Å². The molecule has 1 aromatic heterocycles. The summed E-state index contributed by atoms with van der Waals surface area (Å²) in [5, 5.41) is 18.2. The Kier molecular flexibility index (Phi) is 2.57. The molecule has 0 amide bonds. The van der Waals surface area contributed by atoms with Gasteiger partial charge >= 0.3 is 0 Å². The van der Waals surface area contributed by atoms with Crippen molar-refractivity contribution in [3.63, 3.8) is 0 Å². The van der Waals surface area contributed by atoms with Gasteiger partial charge in [0.05, 0.1) is 24.8 Å². The number of rotatable bonds is 3. The van der Waals surface area contributed by atoms with E-state index in [0.717, 1.165) is 16.8 Å². The first-order valence-electron chi connectivity index (χ1n) is 4.57. The maximum absolute atomic E-state index is 9.38. The third-order valence-corrected chi connectivity index (χ3v) is 2.20. The number of imidazole rings is 1. The standard InChI is InChI=1S/C10H12N2O3/c1-15-6-2-3-7-8(4-6)12-10(11-7)9(14)5-13/h2-4,9,13-14H,5H2,1H3,(H,11,12). The van der Waals surface area contributed by atoms with Gasteiger partial charge < -0.3 is 19.9 Å². The quantitative estimate of drug-likeness (QED) is 0.690. The number of H-pyrrole nitrogens is 1. The van der Waals surface area contributed by atoms with Crippen molar-refractivity contribution >= 4 is 11.0 Å². The van der Waals surface area contributed by atoms with Gasteiger partial charge in [-0.1, -0.05) is 0 Å². The molecule has 15 heavy (non-hydrogen) atoms. The van der Waals surface area contributed by atoms with Crippen LogP contribution in [0.25, 0.3) is 11.0 Å². The first-order valence-corrected chi connectivity index (χ1v) is 4.57. The zero-order valence-corrected chi connectivity index (χ0v) is 8.27. The molecule has 80 valence electrons. The first-order chi connectivity index (χ1) is 7.24. The van der Waals surface area contributed by atoms with E-state index in [1.807, 2.05) is 0 Å². The lowest BCUT2D eigenvalue weighted by Crippen LogP contribution is -2.03. The molecular formula is C10H12N2O3. The van der Waals surface area contributed by atoms with Gasteiger partial charge in [0.2, 0.25) is 0 Å². The van der Waals surface area contributed by atoms with Crippen LogP contribution in [0.4, 0.5) is 0 Å². The third kappa shape index (κ3) is 1.79. The molecule has 0 bridgehead atoms. The highest BCUT2D eigenvalue weighted by Gasteiger charge is 2.11. The topological polar surface area (TPSA) is 78.4 Å². The number of aliphatic hydroxyl groups is 2. The fourth-order valence-electron chi connectivity index (χ4n) is 1.38. The summed E-state index contributed by atoms with van der Waals surface area (Å²) in [6.07, 6.45) is -0.969. The van der Waals surface area contributed by atoms with Crippen molar-refractivity contribution in [1.82, 2.24) is 9.97 Å². The summed E-state index contributed by atoms with van der Waals surface area (Å²) in [6.45, 7) is -0.350. The average Bonchev–Trinajstić information content (AvgIpc) is 2.70. The first kappa shape index (κ1) is 9.95. The highest BCUT2D eigenvalue weighted by molar-refractivity contribution is 5.76. The van der Waals surface area contributed by atoms with Gasteiger partial charge in [0, 0.05) is 6.07 Å². The third-order valence-electron chi connectivity index (χ3n) is 2.20. The van der Waals surface area contributed by atoms with E-state index < -0.39 is 6.10 Å². The second-order valence-corrected chi connectivity index (χ2v) is 3.20. The zero-order valence-electron chi connectivity index (χ0n) is 8.27.